The second-order valence-electron chi connectivity index (χ2n) is 7.21. The van der Waals surface area contributed by atoms with Crippen molar-refractivity contribution in [3.63, 3.8) is 0 Å². The van der Waals surface area contributed by atoms with E-state index >= 15 is 0 Å². The first-order valence-corrected chi connectivity index (χ1v) is 9.38. The van der Waals surface area contributed by atoms with Crippen molar-refractivity contribution in [2.24, 2.45) is 0 Å². The number of anilines is 2. The summed E-state index contributed by atoms with van der Waals surface area (Å²) in [6.07, 6.45) is -4.67. The first kappa shape index (κ1) is 21.0. The zero-order valence-electron chi connectivity index (χ0n) is 16.4. The minimum atomic E-state index is -4.73. The molecule has 0 saturated carbocycles. The van der Waals surface area contributed by atoms with Crippen LogP contribution < -0.4 is 15.0 Å². The van der Waals surface area contributed by atoms with Gasteiger partial charge in [-0.2, -0.15) is 0 Å². The van der Waals surface area contributed by atoms with E-state index in [4.69, 9.17) is 0 Å². The Kier molecular flexibility index (Phi) is 6.32. The van der Waals surface area contributed by atoms with Gasteiger partial charge in [0.25, 0.3) is 0 Å². The predicted octanol–water partition coefficient (Wildman–Crippen LogP) is 3.83. The SMILES string of the molecule is Cc1cc(N2CCN(C)CC2)ccc1NC(=O)Cc1ccc(OC(F)(F)F)cc1. The van der Waals surface area contributed by atoms with Gasteiger partial charge in [-0.1, -0.05) is 12.1 Å². The van der Waals surface area contributed by atoms with Crippen molar-refractivity contribution in [3.8, 4) is 5.75 Å². The largest absolute Gasteiger partial charge is 0.573 e. The summed E-state index contributed by atoms with van der Waals surface area (Å²) in [5.41, 5.74) is 3.42. The molecule has 2 aromatic carbocycles. The molecule has 0 aliphatic carbocycles. The molecule has 0 radical (unpaired) electrons. The Labute approximate surface area is 168 Å². The monoisotopic (exact) mass is 407 g/mol. The number of carbonyl (C=O) groups is 1. The first-order valence-electron chi connectivity index (χ1n) is 9.38. The van der Waals surface area contributed by atoms with Gasteiger partial charge in [-0.15, -0.1) is 13.2 Å². The van der Waals surface area contributed by atoms with Crippen LogP contribution in [0, 0.1) is 6.92 Å². The van der Waals surface area contributed by atoms with Gasteiger partial charge in [0.05, 0.1) is 6.42 Å². The molecule has 1 aliphatic heterocycles. The fraction of sp³-hybridized carbons (Fsp3) is 0.381. The molecule has 8 heteroatoms. The summed E-state index contributed by atoms with van der Waals surface area (Å²) in [6.45, 7) is 5.92. The van der Waals surface area contributed by atoms with E-state index in [-0.39, 0.29) is 18.1 Å². The minimum absolute atomic E-state index is 0.0615. The van der Waals surface area contributed by atoms with E-state index in [0.717, 1.165) is 43.1 Å². The Hall–Kier alpha value is -2.74. The van der Waals surface area contributed by atoms with Gasteiger partial charge < -0.3 is 19.9 Å². The van der Waals surface area contributed by atoms with E-state index in [1.54, 1.807) is 0 Å². The number of nitrogens with zero attached hydrogens (tertiary/aromatic N) is 2. The molecule has 1 fully saturated rings. The highest BCUT2D eigenvalue weighted by atomic mass is 19.4. The average Bonchev–Trinajstić information content (AvgIpc) is 2.64. The molecule has 1 N–H and O–H groups in total. The molecule has 1 heterocycles. The third kappa shape index (κ3) is 6.12. The van der Waals surface area contributed by atoms with Gasteiger partial charge in [0.2, 0.25) is 5.91 Å². The molecule has 2 aromatic rings. The molecule has 29 heavy (non-hydrogen) atoms. The molecular formula is C21H24F3N3O2. The Morgan fingerprint density at radius 1 is 1.07 bits per heavy atom. The van der Waals surface area contributed by atoms with Crippen LogP contribution in [0.25, 0.3) is 0 Å². The summed E-state index contributed by atoms with van der Waals surface area (Å²) >= 11 is 0. The standard InChI is InChI=1S/C21H24F3N3O2/c1-15-13-17(27-11-9-26(2)10-12-27)5-8-19(15)25-20(28)14-16-3-6-18(7-4-16)29-21(22,23)24/h3-8,13H,9-12,14H2,1-2H3,(H,25,28). The number of likely N-dealkylation sites (N-methyl/N-ethyl adjacent to an activating group) is 1. The van der Waals surface area contributed by atoms with Gasteiger partial charge in [0, 0.05) is 37.6 Å². The fourth-order valence-corrected chi connectivity index (χ4v) is 3.24. The van der Waals surface area contributed by atoms with Gasteiger partial charge >= 0.3 is 6.36 Å². The van der Waals surface area contributed by atoms with Crippen LogP contribution in [-0.2, 0) is 11.2 Å². The normalized spacial score (nSPS) is 15.3. The maximum absolute atomic E-state index is 12.3. The summed E-state index contributed by atoms with van der Waals surface area (Å²) in [5.74, 6) is -0.540. The van der Waals surface area contributed by atoms with Crippen molar-refractivity contribution in [3.05, 3.63) is 53.6 Å². The first-order chi connectivity index (χ1) is 13.7. The molecule has 0 bridgehead atoms. The third-order valence-electron chi connectivity index (χ3n) is 4.87. The number of halogens is 3. The number of hydrogen-bond donors (Lipinski definition) is 1. The molecular weight excluding hydrogens is 383 g/mol. The summed E-state index contributed by atoms with van der Waals surface area (Å²) in [4.78, 5) is 16.9. The number of benzene rings is 2. The lowest BCUT2D eigenvalue weighted by Crippen LogP contribution is -2.44. The van der Waals surface area contributed by atoms with Crippen molar-refractivity contribution < 1.29 is 22.7 Å². The number of rotatable bonds is 5. The Balaban J connectivity index is 1.57. The molecule has 0 unspecified atom stereocenters. The quantitative estimate of drug-likeness (QED) is 0.818. The zero-order chi connectivity index (χ0) is 21.0. The summed E-state index contributed by atoms with van der Waals surface area (Å²) < 4.78 is 40.4. The van der Waals surface area contributed by atoms with E-state index in [1.165, 1.54) is 24.3 Å². The van der Waals surface area contributed by atoms with Gasteiger partial charge in [0.1, 0.15) is 5.75 Å². The van der Waals surface area contributed by atoms with Crippen molar-refractivity contribution in [2.75, 3.05) is 43.4 Å². The second kappa shape index (κ2) is 8.73. The van der Waals surface area contributed by atoms with Gasteiger partial charge in [-0.3, -0.25) is 4.79 Å². The van der Waals surface area contributed by atoms with Crippen molar-refractivity contribution in [2.45, 2.75) is 19.7 Å². The van der Waals surface area contributed by atoms with Crippen LogP contribution in [0.5, 0.6) is 5.75 Å². The van der Waals surface area contributed by atoms with Crippen LogP contribution in [0.15, 0.2) is 42.5 Å². The molecule has 1 saturated heterocycles. The lowest BCUT2D eigenvalue weighted by atomic mass is 10.1. The summed E-state index contributed by atoms with van der Waals surface area (Å²) in [7, 11) is 2.11. The van der Waals surface area contributed by atoms with Gasteiger partial charge in [-0.25, -0.2) is 0 Å². The molecule has 1 amide bonds. The van der Waals surface area contributed by atoms with Crippen molar-refractivity contribution in [1.82, 2.24) is 4.90 Å². The smallest absolute Gasteiger partial charge is 0.406 e. The fourth-order valence-electron chi connectivity index (χ4n) is 3.24. The van der Waals surface area contributed by atoms with E-state index in [0.29, 0.717) is 5.56 Å². The molecule has 156 valence electrons. The van der Waals surface area contributed by atoms with Crippen molar-refractivity contribution >= 4 is 17.3 Å². The molecule has 3 rings (SSSR count). The zero-order valence-corrected chi connectivity index (χ0v) is 16.4. The van der Waals surface area contributed by atoms with E-state index in [2.05, 4.69) is 33.0 Å². The lowest BCUT2D eigenvalue weighted by molar-refractivity contribution is -0.274. The molecule has 0 atom stereocenters. The van der Waals surface area contributed by atoms with Gasteiger partial charge in [-0.05, 0) is 55.4 Å². The number of aryl methyl sites for hydroxylation is 1. The van der Waals surface area contributed by atoms with Crippen LogP contribution in [0.3, 0.4) is 0 Å². The van der Waals surface area contributed by atoms with Crippen LogP contribution in [0.1, 0.15) is 11.1 Å². The highest BCUT2D eigenvalue weighted by molar-refractivity contribution is 5.93. The second-order valence-corrected chi connectivity index (χ2v) is 7.21. The maximum Gasteiger partial charge on any atom is 0.573 e. The lowest BCUT2D eigenvalue weighted by Gasteiger charge is -2.34. The molecule has 5 nitrogen and oxygen atoms in total. The van der Waals surface area contributed by atoms with Gasteiger partial charge in [0.15, 0.2) is 0 Å². The number of carbonyl (C=O) groups excluding carboxylic acids is 1. The minimum Gasteiger partial charge on any atom is -0.406 e. The highest BCUT2D eigenvalue weighted by Crippen LogP contribution is 2.25. The van der Waals surface area contributed by atoms with Crippen LogP contribution >= 0.6 is 0 Å². The summed E-state index contributed by atoms with van der Waals surface area (Å²) in [6, 6.07) is 11.2. The Morgan fingerprint density at radius 3 is 2.31 bits per heavy atom. The number of alkyl halides is 3. The molecule has 0 aromatic heterocycles. The number of piperazine rings is 1. The van der Waals surface area contributed by atoms with Crippen LogP contribution in [0.2, 0.25) is 0 Å². The maximum atomic E-state index is 12.3. The Bertz CT molecular complexity index is 845. The van der Waals surface area contributed by atoms with Crippen LogP contribution in [-0.4, -0.2) is 50.4 Å². The number of hydrogen-bond acceptors (Lipinski definition) is 4. The average molecular weight is 407 g/mol. The number of nitrogens with one attached hydrogen (secondary N) is 1. The van der Waals surface area contributed by atoms with Crippen LogP contribution in [0.4, 0.5) is 24.5 Å². The summed E-state index contributed by atoms with van der Waals surface area (Å²) in [5, 5.41) is 2.87. The van der Waals surface area contributed by atoms with E-state index in [9.17, 15) is 18.0 Å². The predicted molar refractivity (Wildman–Crippen MR) is 106 cm³/mol. The molecule has 1 aliphatic rings. The third-order valence-corrected chi connectivity index (χ3v) is 4.87. The van der Waals surface area contributed by atoms with E-state index < -0.39 is 6.36 Å². The molecule has 0 spiro atoms. The topological polar surface area (TPSA) is 44.8 Å². The Morgan fingerprint density at radius 2 is 1.72 bits per heavy atom. The highest BCUT2D eigenvalue weighted by Gasteiger charge is 2.31. The number of ether oxygens (including phenoxy) is 1. The number of amides is 1. The van der Waals surface area contributed by atoms with E-state index in [1.807, 2.05) is 19.1 Å². The van der Waals surface area contributed by atoms with Crippen molar-refractivity contribution in [1.29, 1.82) is 0 Å².